The fourth-order valence-electron chi connectivity index (χ4n) is 1.47. The molecular formula is C12H8F3NO3S. The molecular weight excluding hydrogens is 295 g/mol. The van der Waals surface area contributed by atoms with Crippen LogP contribution in [0.25, 0.3) is 11.1 Å². The summed E-state index contributed by atoms with van der Waals surface area (Å²) in [6.45, 7) is 0. The Morgan fingerprint density at radius 2 is 1.70 bits per heavy atom. The predicted molar refractivity (Wildman–Crippen MR) is 65.3 cm³/mol. The molecule has 0 spiro atoms. The van der Waals surface area contributed by atoms with Crippen molar-refractivity contribution < 1.29 is 25.8 Å². The van der Waals surface area contributed by atoms with Crippen LogP contribution in [0.5, 0.6) is 5.75 Å². The van der Waals surface area contributed by atoms with Crippen LogP contribution in [0.2, 0.25) is 0 Å². The van der Waals surface area contributed by atoms with E-state index in [2.05, 4.69) is 9.17 Å². The maximum absolute atomic E-state index is 12.3. The van der Waals surface area contributed by atoms with Gasteiger partial charge in [-0.3, -0.25) is 4.98 Å². The van der Waals surface area contributed by atoms with Gasteiger partial charge < -0.3 is 4.18 Å². The first-order valence-corrected chi connectivity index (χ1v) is 6.72. The molecule has 0 N–H and O–H groups in total. The summed E-state index contributed by atoms with van der Waals surface area (Å²) >= 11 is 0. The number of pyridine rings is 1. The van der Waals surface area contributed by atoms with Crippen LogP contribution in [0, 0.1) is 0 Å². The van der Waals surface area contributed by atoms with Gasteiger partial charge in [0.05, 0.1) is 6.20 Å². The molecule has 0 aliphatic heterocycles. The minimum absolute atomic E-state index is 0.202. The largest absolute Gasteiger partial charge is 0.534 e. The number of hydrogen-bond donors (Lipinski definition) is 0. The molecule has 0 saturated carbocycles. The molecule has 0 fully saturated rings. The number of benzene rings is 1. The molecule has 106 valence electrons. The Bertz CT molecular complexity index is 699. The highest BCUT2D eigenvalue weighted by Crippen LogP contribution is 2.33. The van der Waals surface area contributed by atoms with E-state index in [1.165, 1.54) is 12.3 Å². The SMILES string of the molecule is O=S(=O)(Oc1cnccc1-c1ccccc1)C(F)(F)F. The molecule has 0 bridgehead atoms. The molecule has 0 radical (unpaired) electrons. The number of alkyl halides is 3. The van der Waals surface area contributed by atoms with E-state index in [0.29, 0.717) is 5.56 Å². The standard InChI is InChI=1S/C12H8F3NO3S/c13-12(14,15)20(17,18)19-11-8-16-7-6-10(11)9-4-2-1-3-5-9/h1-8H. The van der Waals surface area contributed by atoms with E-state index < -0.39 is 21.4 Å². The predicted octanol–water partition coefficient (Wildman–Crippen LogP) is 2.98. The smallest absolute Gasteiger partial charge is 0.374 e. The molecule has 1 aromatic heterocycles. The molecule has 20 heavy (non-hydrogen) atoms. The zero-order chi connectivity index (χ0) is 14.8. The van der Waals surface area contributed by atoms with Crippen LogP contribution in [-0.4, -0.2) is 18.9 Å². The van der Waals surface area contributed by atoms with Crippen molar-refractivity contribution in [2.45, 2.75) is 5.51 Å². The van der Waals surface area contributed by atoms with Gasteiger partial charge in [-0.05, 0) is 11.6 Å². The number of hydrogen-bond acceptors (Lipinski definition) is 4. The first kappa shape index (κ1) is 14.3. The normalized spacial score (nSPS) is 12.2. The first-order chi connectivity index (χ1) is 9.31. The van der Waals surface area contributed by atoms with Crippen LogP contribution in [-0.2, 0) is 10.1 Å². The van der Waals surface area contributed by atoms with Gasteiger partial charge in [-0.1, -0.05) is 30.3 Å². The van der Waals surface area contributed by atoms with Crippen molar-refractivity contribution in [2.24, 2.45) is 0 Å². The Morgan fingerprint density at radius 1 is 1.05 bits per heavy atom. The minimum Gasteiger partial charge on any atom is -0.374 e. The summed E-state index contributed by atoms with van der Waals surface area (Å²) in [7, 11) is -5.72. The van der Waals surface area contributed by atoms with Crippen LogP contribution < -0.4 is 4.18 Å². The molecule has 1 aromatic carbocycles. The zero-order valence-electron chi connectivity index (χ0n) is 9.83. The monoisotopic (exact) mass is 303 g/mol. The quantitative estimate of drug-likeness (QED) is 0.646. The molecule has 1 heterocycles. The summed E-state index contributed by atoms with van der Waals surface area (Å²) in [4.78, 5) is 3.58. The van der Waals surface area contributed by atoms with Crippen molar-refractivity contribution in [3.8, 4) is 16.9 Å². The van der Waals surface area contributed by atoms with Gasteiger partial charge in [0.15, 0.2) is 5.75 Å². The molecule has 8 heteroatoms. The van der Waals surface area contributed by atoms with E-state index in [1.54, 1.807) is 30.3 Å². The highest BCUT2D eigenvalue weighted by atomic mass is 32.2. The summed E-state index contributed by atoms with van der Waals surface area (Å²) in [6.07, 6.45) is 2.25. The molecule has 0 amide bonds. The van der Waals surface area contributed by atoms with E-state index in [9.17, 15) is 21.6 Å². The van der Waals surface area contributed by atoms with E-state index in [1.807, 2.05) is 0 Å². The number of aromatic nitrogens is 1. The lowest BCUT2D eigenvalue weighted by Crippen LogP contribution is -2.28. The van der Waals surface area contributed by atoms with E-state index in [4.69, 9.17) is 0 Å². The van der Waals surface area contributed by atoms with Gasteiger partial charge in [-0.2, -0.15) is 21.6 Å². The molecule has 0 aliphatic rings. The van der Waals surface area contributed by atoms with Gasteiger partial charge in [0.25, 0.3) is 0 Å². The third kappa shape index (κ3) is 2.90. The number of halogens is 3. The summed E-state index contributed by atoms with van der Waals surface area (Å²) in [5.41, 5.74) is -4.77. The third-order valence-electron chi connectivity index (χ3n) is 2.35. The Balaban J connectivity index is 2.45. The van der Waals surface area contributed by atoms with Gasteiger partial charge in [-0.25, -0.2) is 0 Å². The van der Waals surface area contributed by atoms with Gasteiger partial charge in [0.1, 0.15) is 0 Å². The van der Waals surface area contributed by atoms with Gasteiger partial charge in [-0.15, -0.1) is 0 Å². The number of rotatable bonds is 3. The first-order valence-electron chi connectivity index (χ1n) is 5.31. The molecule has 2 rings (SSSR count). The average molecular weight is 303 g/mol. The summed E-state index contributed by atoms with van der Waals surface area (Å²) < 4.78 is 63.2. The summed E-state index contributed by atoms with van der Waals surface area (Å²) in [6, 6.07) is 9.65. The van der Waals surface area contributed by atoms with Crippen LogP contribution in [0.4, 0.5) is 13.2 Å². The Hall–Kier alpha value is -2.09. The molecule has 0 unspecified atom stereocenters. The lowest BCUT2D eigenvalue weighted by atomic mass is 10.1. The maximum Gasteiger partial charge on any atom is 0.534 e. The van der Waals surface area contributed by atoms with E-state index in [0.717, 1.165) is 6.20 Å². The zero-order valence-corrected chi connectivity index (χ0v) is 10.6. The molecule has 0 saturated heterocycles. The lowest BCUT2D eigenvalue weighted by molar-refractivity contribution is -0.0499. The molecule has 4 nitrogen and oxygen atoms in total. The lowest BCUT2D eigenvalue weighted by Gasteiger charge is -2.12. The van der Waals surface area contributed by atoms with Gasteiger partial charge in [0.2, 0.25) is 0 Å². The van der Waals surface area contributed by atoms with Gasteiger partial charge >= 0.3 is 15.6 Å². The van der Waals surface area contributed by atoms with Crippen LogP contribution in [0.3, 0.4) is 0 Å². The van der Waals surface area contributed by atoms with E-state index in [-0.39, 0.29) is 5.56 Å². The maximum atomic E-state index is 12.3. The topological polar surface area (TPSA) is 56.3 Å². The van der Waals surface area contributed by atoms with Crippen LogP contribution >= 0.6 is 0 Å². The average Bonchev–Trinajstić information content (AvgIpc) is 2.38. The summed E-state index contributed by atoms with van der Waals surface area (Å²) in [5.74, 6) is -0.476. The van der Waals surface area contributed by atoms with Crippen molar-refractivity contribution in [3.05, 3.63) is 48.8 Å². The van der Waals surface area contributed by atoms with Crippen LogP contribution in [0.1, 0.15) is 0 Å². The Morgan fingerprint density at radius 3 is 2.30 bits per heavy atom. The minimum atomic E-state index is -5.72. The second kappa shape index (κ2) is 5.12. The second-order valence-electron chi connectivity index (χ2n) is 3.72. The fraction of sp³-hybridized carbons (Fsp3) is 0.0833. The second-order valence-corrected chi connectivity index (χ2v) is 5.26. The van der Waals surface area contributed by atoms with Crippen molar-refractivity contribution >= 4 is 10.1 Å². The summed E-state index contributed by atoms with van der Waals surface area (Å²) in [5, 5.41) is 0. The number of nitrogens with zero attached hydrogens (tertiary/aromatic N) is 1. The van der Waals surface area contributed by atoms with Crippen molar-refractivity contribution in [2.75, 3.05) is 0 Å². The van der Waals surface area contributed by atoms with Crippen molar-refractivity contribution in [1.29, 1.82) is 0 Å². The Labute approximate surface area is 113 Å². The fourth-order valence-corrected chi connectivity index (χ4v) is 1.93. The highest BCUT2D eigenvalue weighted by molar-refractivity contribution is 7.88. The highest BCUT2D eigenvalue weighted by Gasteiger charge is 2.48. The van der Waals surface area contributed by atoms with Crippen LogP contribution in [0.15, 0.2) is 48.8 Å². The Kier molecular flexibility index (Phi) is 3.67. The van der Waals surface area contributed by atoms with Crippen molar-refractivity contribution in [3.63, 3.8) is 0 Å². The molecule has 2 aromatic rings. The molecule has 0 aliphatic carbocycles. The van der Waals surface area contributed by atoms with E-state index >= 15 is 0 Å². The molecule has 0 atom stereocenters. The van der Waals surface area contributed by atoms with Crippen molar-refractivity contribution in [1.82, 2.24) is 4.98 Å². The third-order valence-corrected chi connectivity index (χ3v) is 3.32. The van der Waals surface area contributed by atoms with Gasteiger partial charge in [0, 0.05) is 11.8 Å².